The monoisotopic (exact) mass is 383 g/mol. The van der Waals surface area contributed by atoms with Crippen LogP contribution in [0, 0.1) is 5.92 Å². The van der Waals surface area contributed by atoms with Crippen LogP contribution in [-0.4, -0.2) is 55.6 Å². The number of benzene rings is 1. The fourth-order valence-electron chi connectivity index (χ4n) is 3.31. The van der Waals surface area contributed by atoms with Crippen molar-refractivity contribution in [2.24, 2.45) is 5.92 Å². The van der Waals surface area contributed by atoms with E-state index in [1.807, 2.05) is 36.4 Å². The van der Waals surface area contributed by atoms with Gasteiger partial charge in [0.15, 0.2) is 0 Å². The number of ether oxygens (including phenoxy) is 2. The molecular weight excluding hydrogens is 358 g/mol. The summed E-state index contributed by atoms with van der Waals surface area (Å²) in [7, 11) is 3.19. The molecule has 7 nitrogen and oxygen atoms in total. The fourth-order valence-corrected chi connectivity index (χ4v) is 3.31. The predicted octanol–water partition coefficient (Wildman–Crippen LogP) is 2.12. The zero-order valence-corrected chi connectivity index (χ0v) is 16.2. The van der Waals surface area contributed by atoms with Crippen molar-refractivity contribution >= 4 is 17.5 Å². The van der Waals surface area contributed by atoms with E-state index in [1.54, 1.807) is 36.3 Å². The number of hydrogen-bond acceptors (Lipinski definition) is 5. The molecule has 1 aliphatic heterocycles. The van der Waals surface area contributed by atoms with Crippen molar-refractivity contribution in [2.45, 2.75) is 13.0 Å². The summed E-state index contributed by atoms with van der Waals surface area (Å²) in [4.78, 5) is 33.4. The van der Waals surface area contributed by atoms with Gasteiger partial charge in [-0.25, -0.2) is 0 Å². The molecule has 0 saturated carbocycles. The number of methoxy groups -OCH3 is 2. The van der Waals surface area contributed by atoms with E-state index in [4.69, 9.17) is 9.47 Å². The molecule has 3 rings (SSSR count). The first-order valence-corrected chi connectivity index (χ1v) is 9.24. The molecule has 2 amide bonds. The van der Waals surface area contributed by atoms with Crippen LogP contribution in [0.1, 0.15) is 12.1 Å². The Morgan fingerprint density at radius 3 is 2.82 bits per heavy atom. The number of carbonyl (C=O) groups excluding carboxylic acids is 2. The smallest absolute Gasteiger partial charge is 0.228 e. The molecule has 2 aromatic rings. The number of pyridine rings is 1. The summed E-state index contributed by atoms with van der Waals surface area (Å²) in [6.07, 6.45) is 1.90. The minimum Gasteiger partial charge on any atom is -0.497 e. The van der Waals surface area contributed by atoms with Crippen molar-refractivity contribution in [1.82, 2.24) is 9.88 Å². The second-order valence-electron chi connectivity index (χ2n) is 6.68. The lowest BCUT2D eigenvalue weighted by atomic mass is 10.1. The minimum atomic E-state index is -0.390. The largest absolute Gasteiger partial charge is 0.497 e. The molecular formula is C21H25N3O4. The van der Waals surface area contributed by atoms with E-state index in [0.29, 0.717) is 32.0 Å². The number of anilines is 1. The van der Waals surface area contributed by atoms with Gasteiger partial charge in [-0.2, -0.15) is 0 Å². The summed E-state index contributed by atoms with van der Waals surface area (Å²) < 4.78 is 10.4. The normalized spacial score (nSPS) is 16.3. The van der Waals surface area contributed by atoms with E-state index in [1.165, 1.54) is 0 Å². The van der Waals surface area contributed by atoms with Gasteiger partial charge in [-0.05, 0) is 24.3 Å². The molecule has 148 valence electrons. The lowest BCUT2D eigenvalue weighted by molar-refractivity contribution is -0.137. The highest BCUT2D eigenvalue weighted by molar-refractivity contribution is 6.00. The van der Waals surface area contributed by atoms with Gasteiger partial charge in [0.2, 0.25) is 11.8 Å². The molecule has 1 aromatic carbocycles. The summed E-state index contributed by atoms with van der Waals surface area (Å²) >= 11 is 0. The lowest BCUT2D eigenvalue weighted by Gasteiger charge is -2.25. The molecule has 7 heteroatoms. The van der Waals surface area contributed by atoms with Crippen molar-refractivity contribution in [3.8, 4) is 5.75 Å². The molecule has 28 heavy (non-hydrogen) atoms. The van der Waals surface area contributed by atoms with Crippen LogP contribution < -0.4 is 9.64 Å². The Morgan fingerprint density at radius 1 is 1.25 bits per heavy atom. The standard InChI is InChI=1S/C21H25N3O4/c1-27-11-10-23(15-17-6-3-4-9-22-17)21(26)16-12-20(25)24(14-16)18-7-5-8-19(13-18)28-2/h3-9,13,16H,10-12,14-15H2,1-2H3. The summed E-state index contributed by atoms with van der Waals surface area (Å²) in [5.74, 6) is 0.175. The van der Waals surface area contributed by atoms with Gasteiger partial charge in [0.05, 0.1) is 31.9 Å². The van der Waals surface area contributed by atoms with Crippen LogP contribution in [0.15, 0.2) is 48.7 Å². The topological polar surface area (TPSA) is 72.0 Å². The minimum absolute atomic E-state index is 0.0542. The summed E-state index contributed by atoms with van der Waals surface area (Å²) in [6.45, 7) is 1.64. The second kappa shape index (κ2) is 9.32. The van der Waals surface area contributed by atoms with Crippen molar-refractivity contribution in [1.29, 1.82) is 0 Å². The van der Waals surface area contributed by atoms with Crippen LogP contribution in [0.3, 0.4) is 0 Å². The number of hydrogen-bond donors (Lipinski definition) is 0. The molecule has 0 aliphatic carbocycles. The number of nitrogens with zero attached hydrogens (tertiary/aromatic N) is 3. The summed E-state index contributed by atoms with van der Waals surface area (Å²) in [5, 5.41) is 0. The molecule has 1 unspecified atom stereocenters. The Bertz CT molecular complexity index is 812. The molecule has 0 bridgehead atoms. The van der Waals surface area contributed by atoms with Gasteiger partial charge in [-0.1, -0.05) is 12.1 Å². The van der Waals surface area contributed by atoms with Gasteiger partial charge < -0.3 is 19.3 Å². The molecule has 0 N–H and O–H groups in total. The molecule has 1 saturated heterocycles. The van der Waals surface area contributed by atoms with Gasteiger partial charge in [0, 0.05) is 44.6 Å². The van der Waals surface area contributed by atoms with Crippen LogP contribution in [0.4, 0.5) is 5.69 Å². The Kier molecular flexibility index (Phi) is 6.60. The van der Waals surface area contributed by atoms with Crippen LogP contribution in [0.2, 0.25) is 0 Å². The highest BCUT2D eigenvalue weighted by Gasteiger charge is 2.37. The van der Waals surface area contributed by atoms with E-state index in [-0.39, 0.29) is 24.2 Å². The van der Waals surface area contributed by atoms with Gasteiger partial charge in [0.1, 0.15) is 5.75 Å². The van der Waals surface area contributed by atoms with Crippen LogP contribution >= 0.6 is 0 Å². The zero-order valence-electron chi connectivity index (χ0n) is 16.2. The first kappa shape index (κ1) is 19.8. The van der Waals surface area contributed by atoms with E-state index < -0.39 is 0 Å². The Hall–Kier alpha value is -2.93. The van der Waals surface area contributed by atoms with Gasteiger partial charge >= 0.3 is 0 Å². The van der Waals surface area contributed by atoms with Crippen molar-refractivity contribution in [3.05, 3.63) is 54.4 Å². The zero-order chi connectivity index (χ0) is 19.9. The quantitative estimate of drug-likeness (QED) is 0.698. The molecule has 0 spiro atoms. The molecule has 1 fully saturated rings. The maximum Gasteiger partial charge on any atom is 0.228 e. The average Bonchev–Trinajstić information content (AvgIpc) is 3.13. The van der Waals surface area contributed by atoms with Gasteiger partial charge in [0.25, 0.3) is 0 Å². The van der Waals surface area contributed by atoms with E-state index in [0.717, 1.165) is 11.4 Å². The second-order valence-corrected chi connectivity index (χ2v) is 6.68. The lowest BCUT2D eigenvalue weighted by Crippen LogP contribution is -2.39. The number of carbonyl (C=O) groups is 2. The third kappa shape index (κ3) is 4.67. The third-order valence-electron chi connectivity index (χ3n) is 4.80. The first-order chi connectivity index (χ1) is 13.6. The number of aromatic nitrogens is 1. The Balaban J connectivity index is 1.73. The van der Waals surface area contributed by atoms with Crippen molar-refractivity contribution in [3.63, 3.8) is 0 Å². The van der Waals surface area contributed by atoms with Gasteiger partial charge in [-0.3, -0.25) is 14.6 Å². The maximum absolute atomic E-state index is 13.1. The molecule has 2 heterocycles. The Labute approximate surface area is 164 Å². The molecule has 1 atom stereocenters. The van der Waals surface area contributed by atoms with Crippen LogP contribution in [0.5, 0.6) is 5.75 Å². The Morgan fingerprint density at radius 2 is 2.11 bits per heavy atom. The van der Waals surface area contributed by atoms with Crippen LogP contribution in [0.25, 0.3) is 0 Å². The highest BCUT2D eigenvalue weighted by Crippen LogP contribution is 2.29. The third-order valence-corrected chi connectivity index (χ3v) is 4.80. The van der Waals surface area contributed by atoms with E-state index in [2.05, 4.69) is 4.98 Å². The molecule has 1 aromatic heterocycles. The SMILES string of the molecule is COCCN(Cc1ccccn1)C(=O)C1CC(=O)N(c2cccc(OC)c2)C1. The first-order valence-electron chi connectivity index (χ1n) is 9.24. The van der Waals surface area contributed by atoms with E-state index in [9.17, 15) is 9.59 Å². The van der Waals surface area contributed by atoms with Crippen LogP contribution in [-0.2, 0) is 20.9 Å². The molecule has 0 radical (unpaired) electrons. The number of rotatable bonds is 8. The van der Waals surface area contributed by atoms with E-state index >= 15 is 0 Å². The summed E-state index contributed by atoms with van der Waals surface area (Å²) in [6, 6.07) is 12.9. The highest BCUT2D eigenvalue weighted by atomic mass is 16.5. The summed E-state index contributed by atoms with van der Waals surface area (Å²) in [5.41, 5.74) is 1.55. The average molecular weight is 383 g/mol. The van der Waals surface area contributed by atoms with Gasteiger partial charge in [-0.15, -0.1) is 0 Å². The fraction of sp³-hybridized carbons (Fsp3) is 0.381. The number of amides is 2. The maximum atomic E-state index is 13.1. The van der Waals surface area contributed by atoms with Crippen molar-refractivity contribution < 1.29 is 19.1 Å². The predicted molar refractivity (Wildman–Crippen MR) is 105 cm³/mol. The van der Waals surface area contributed by atoms with Crippen molar-refractivity contribution in [2.75, 3.05) is 38.8 Å². The molecule has 1 aliphatic rings.